The van der Waals surface area contributed by atoms with Crippen LogP contribution in [-0.4, -0.2) is 48.0 Å². The second-order valence-electron chi connectivity index (χ2n) is 8.03. The zero-order valence-electron chi connectivity index (χ0n) is 14.4. The van der Waals surface area contributed by atoms with Gasteiger partial charge in [0.25, 0.3) is 0 Å². The quantitative estimate of drug-likeness (QED) is 0.677. The fraction of sp³-hybridized carbons (Fsp3) is 0.944. The highest BCUT2D eigenvalue weighted by Gasteiger charge is 2.49. The van der Waals surface area contributed by atoms with E-state index in [0.717, 1.165) is 51.6 Å². The number of ether oxygens (including phenoxy) is 1. The normalized spacial score (nSPS) is 35.7. The van der Waals surface area contributed by atoms with Gasteiger partial charge in [0.1, 0.15) is 6.10 Å². The van der Waals surface area contributed by atoms with Crippen molar-refractivity contribution < 1.29 is 14.6 Å². The molecule has 23 heavy (non-hydrogen) atoms. The van der Waals surface area contributed by atoms with Crippen molar-refractivity contribution in [2.24, 2.45) is 5.92 Å². The number of aliphatic hydroxyl groups excluding tert-OH is 1. The summed E-state index contributed by atoms with van der Waals surface area (Å²) in [6, 6.07) is 0. The molecule has 0 unspecified atom stereocenters. The molecule has 2 heterocycles. The van der Waals surface area contributed by atoms with Gasteiger partial charge in [0, 0.05) is 12.3 Å². The van der Waals surface area contributed by atoms with Gasteiger partial charge in [-0.1, -0.05) is 25.7 Å². The Hall–Kier alpha value is -0.650. The highest BCUT2D eigenvalue weighted by atomic mass is 16.5. The van der Waals surface area contributed by atoms with Gasteiger partial charge in [-0.25, -0.2) is 0 Å². The molecule has 3 fully saturated rings. The summed E-state index contributed by atoms with van der Waals surface area (Å²) in [6.07, 6.45) is 8.75. The number of amides is 1. The summed E-state index contributed by atoms with van der Waals surface area (Å²) in [6.45, 7) is 4.21. The first-order valence-electron chi connectivity index (χ1n) is 9.38. The molecule has 2 aliphatic heterocycles. The van der Waals surface area contributed by atoms with Crippen molar-refractivity contribution in [3.8, 4) is 0 Å². The smallest absolute Gasteiger partial charge is 0.223 e. The Morgan fingerprint density at radius 3 is 2.48 bits per heavy atom. The van der Waals surface area contributed by atoms with Gasteiger partial charge < -0.3 is 20.5 Å². The fourth-order valence-electron chi connectivity index (χ4n) is 4.53. The molecule has 0 radical (unpaired) electrons. The molecule has 0 bridgehead atoms. The third kappa shape index (κ3) is 3.89. The molecule has 132 valence electrons. The van der Waals surface area contributed by atoms with Crippen molar-refractivity contribution in [1.29, 1.82) is 0 Å². The van der Waals surface area contributed by atoms with E-state index in [0.29, 0.717) is 13.0 Å². The number of hydrogen-bond donors (Lipinski definition) is 3. The number of rotatable bonds is 2. The molecule has 2 saturated heterocycles. The van der Waals surface area contributed by atoms with Crippen LogP contribution in [0, 0.1) is 5.92 Å². The highest BCUT2D eigenvalue weighted by Crippen LogP contribution is 2.38. The molecule has 3 N–H and O–H groups in total. The number of piperidine rings is 1. The summed E-state index contributed by atoms with van der Waals surface area (Å²) in [4.78, 5) is 12.8. The molecule has 3 rings (SSSR count). The maximum absolute atomic E-state index is 12.8. The maximum Gasteiger partial charge on any atom is 0.223 e. The first-order chi connectivity index (χ1) is 11.0. The van der Waals surface area contributed by atoms with Gasteiger partial charge in [0.05, 0.1) is 17.7 Å². The van der Waals surface area contributed by atoms with Crippen LogP contribution in [0.4, 0.5) is 0 Å². The van der Waals surface area contributed by atoms with Gasteiger partial charge >= 0.3 is 0 Å². The minimum Gasteiger partial charge on any atom is -0.388 e. The van der Waals surface area contributed by atoms with Crippen molar-refractivity contribution in [1.82, 2.24) is 10.6 Å². The average Bonchev–Trinajstić information content (AvgIpc) is 2.81. The Labute approximate surface area is 139 Å². The van der Waals surface area contributed by atoms with E-state index in [1.54, 1.807) is 0 Å². The van der Waals surface area contributed by atoms with Crippen molar-refractivity contribution in [2.45, 2.75) is 82.0 Å². The molecule has 3 aliphatic rings. The zero-order valence-corrected chi connectivity index (χ0v) is 14.4. The van der Waals surface area contributed by atoms with Gasteiger partial charge in [0.15, 0.2) is 0 Å². The van der Waals surface area contributed by atoms with Crippen LogP contribution in [0.25, 0.3) is 0 Å². The summed E-state index contributed by atoms with van der Waals surface area (Å²) >= 11 is 0. The predicted molar refractivity (Wildman–Crippen MR) is 89.2 cm³/mol. The topological polar surface area (TPSA) is 70.6 Å². The summed E-state index contributed by atoms with van der Waals surface area (Å²) < 4.78 is 6.02. The highest BCUT2D eigenvalue weighted by molar-refractivity contribution is 5.79. The lowest BCUT2D eigenvalue weighted by Crippen LogP contribution is -2.66. The van der Waals surface area contributed by atoms with Crippen LogP contribution in [0.2, 0.25) is 0 Å². The molecule has 1 spiro atoms. The van der Waals surface area contributed by atoms with Crippen LogP contribution in [0.5, 0.6) is 0 Å². The van der Waals surface area contributed by atoms with E-state index >= 15 is 0 Å². The summed E-state index contributed by atoms with van der Waals surface area (Å²) in [5.41, 5.74) is -0.755. The van der Waals surface area contributed by atoms with Crippen molar-refractivity contribution >= 4 is 5.91 Å². The Morgan fingerprint density at radius 2 is 1.83 bits per heavy atom. The summed E-state index contributed by atoms with van der Waals surface area (Å²) in [7, 11) is 0. The van der Waals surface area contributed by atoms with Crippen molar-refractivity contribution in [2.75, 3.05) is 19.7 Å². The maximum atomic E-state index is 12.8. The van der Waals surface area contributed by atoms with Gasteiger partial charge in [-0.05, 0) is 45.7 Å². The lowest BCUT2D eigenvalue weighted by Gasteiger charge is -2.51. The van der Waals surface area contributed by atoms with Crippen LogP contribution in [0.3, 0.4) is 0 Å². The van der Waals surface area contributed by atoms with Crippen LogP contribution in [0.1, 0.15) is 64.7 Å². The SMILES string of the molecule is C[C@]1(NC(=O)C2CCCCCC2)CC2(CCNCC2)OC[C@@H]1O. The Bertz CT molecular complexity index is 414. The lowest BCUT2D eigenvalue weighted by atomic mass is 9.74. The Morgan fingerprint density at radius 1 is 1.17 bits per heavy atom. The molecule has 5 nitrogen and oxygen atoms in total. The lowest BCUT2D eigenvalue weighted by molar-refractivity contribution is -0.175. The van der Waals surface area contributed by atoms with Gasteiger partial charge in [-0.2, -0.15) is 0 Å². The third-order valence-electron chi connectivity index (χ3n) is 6.12. The first-order valence-corrected chi connectivity index (χ1v) is 9.38. The summed E-state index contributed by atoms with van der Waals surface area (Å²) in [5, 5.41) is 17.1. The number of nitrogens with one attached hydrogen (secondary N) is 2. The van der Waals surface area contributed by atoms with Crippen LogP contribution in [-0.2, 0) is 9.53 Å². The molecule has 0 aromatic rings. The predicted octanol–water partition coefficient (Wildman–Crippen LogP) is 1.74. The second-order valence-corrected chi connectivity index (χ2v) is 8.03. The van der Waals surface area contributed by atoms with E-state index < -0.39 is 11.6 Å². The Kier molecular flexibility index (Phi) is 5.29. The molecular formula is C18H32N2O3. The van der Waals surface area contributed by atoms with Crippen molar-refractivity contribution in [3.63, 3.8) is 0 Å². The van der Waals surface area contributed by atoms with E-state index in [1.165, 1.54) is 12.8 Å². The van der Waals surface area contributed by atoms with Crippen molar-refractivity contribution in [3.05, 3.63) is 0 Å². The van der Waals surface area contributed by atoms with E-state index in [1.807, 2.05) is 6.92 Å². The van der Waals surface area contributed by atoms with Crippen LogP contribution >= 0.6 is 0 Å². The molecule has 1 saturated carbocycles. The monoisotopic (exact) mass is 324 g/mol. The summed E-state index contributed by atoms with van der Waals surface area (Å²) in [5.74, 6) is 0.257. The average molecular weight is 324 g/mol. The molecule has 5 heteroatoms. The second kappa shape index (κ2) is 7.08. The minimum atomic E-state index is -0.627. The fourth-order valence-corrected chi connectivity index (χ4v) is 4.53. The first kappa shape index (κ1) is 17.2. The number of carbonyl (C=O) groups excluding carboxylic acids is 1. The molecule has 1 amide bonds. The molecule has 1 aliphatic carbocycles. The largest absolute Gasteiger partial charge is 0.388 e. The van der Waals surface area contributed by atoms with Gasteiger partial charge in [0.2, 0.25) is 5.91 Å². The molecule has 2 atom stereocenters. The van der Waals surface area contributed by atoms with Crippen LogP contribution in [0.15, 0.2) is 0 Å². The molecular weight excluding hydrogens is 292 g/mol. The number of aliphatic hydroxyl groups is 1. The van der Waals surface area contributed by atoms with E-state index in [2.05, 4.69) is 10.6 Å². The van der Waals surface area contributed by atoms with E-state index in [4.69, 9.17) is 4.74 Å². The van der Waals surface area contributed by atoms with E-state index in [9.17, 15) is 9.90 Å². The van der Waals surface area contributed by atoms with E-state index in [-0.39, 0.29) is 17.4 Å². The molecule has 0 aromatic carbocycles. The van der Waals surface area contributed by atoms with Gasteiger partial charge in [-0.3, -0.25) is 4.79 Å². The standard InChI is InChI=1S/C18H32N2O3/c1-17(20-16(22)14-6-4-2-3-5-7-14)13-18(23-12-15(17)21)8-10-19-11-9-18/h14-15,19,21H,2-13H2,1H3,(H,20,22)/t15-,17-/m0/s1. The Balaban J connectivity index is 1.66. The zero-order chi connectivity index (χ0) is 16.3. The molecule has 0 aromatic heterocycles. The number of carbonyl (C=O) groups is 1. The third-order valence-corrected chi connectivity index (χ3v) is 6.12. The number of hydrogen-bond acceptors (Lipinski definition) is 4. The minimum absolute atomic E-state index is 0.119. The van der Waals surface area contributed by atoms with Crippen LogP contribution < -0.4 is 10.6 Å². The van der Waals surface area contributed by atoms with Gasteiger partial charge in [-0.15, -0.1) is 0 Å².